The van der Waals surface area contributed by atoms with Gasteiger partial charge >= 0.3 is 5.97 Å². The summed E-state index contributed by atoms with van der Waals surface area (Å²) >= 11 is 1.50. The van der Waals surface area contributed by atoms with Crippen LogP contribution in [-0.2, 0) is 14.4 Å². The van der Waals surface area contributed by atoms with Crippen molar-refractivity contribution < 1.29 is 23.9 Å². The summed E-state index contributed by atoms with van der Waals surface area (Å²) < 4.78 is 13.0. The zero-order valence-corrected chi connectivity index (χ0v) is 16.5. The summed E-state index contributed by atoms with van der Waals surface area (Å²) in [7, 11) is 0. The lowest BCUT2D eigenvalue weighted by molar-refractivity contribution is -0.141. The number of benzene rings is 1. The van der Waals surface area contributed by atoms with Gasteiger partial charge in [0.15, 0.2) is 0 Å². The zero-order valence-electron chi connectivity index (χ0n) is 15.7. The van der Waals surface area contributed by atoms with E-state index in [1.807, 2.05) is 20.8 Å². The van der Waals surface area contributed by atoms with Crippen molar-refractivity contribution in [1.29, 1.82) is 0 Å². The monoisotopic (exact) mass is 396 g/mol. The Morgan fingerprint density at radius 1 is 1.30 bits per heavy atom. The van der Waals surface area contributed by atoms with E-state index in [1.54, 1.807) is 4.90 Å². The molecule has 6 nitrogen and oxygen atoms in total. The molecule has 1 aromatic carbocycles. The Labute approximate surface area is 162 Å². The first-order valence-corrected chi connectivity index (χ1v) is 9.87. The highest BCUT2D eigenvalue weighted by atomic mass is 32.2. The summed E-state index contributed by atoms with van der Waals surface area (Å²) in [4.78, 5) is 38.1. The number of carbonyl (C=O) groups is 3. The van der Waals surface area contributed by atoms with Crippen LogP contribution < -0.4 is 5.32 Å². The van der Waals surface area contributed by atoms with Crippen LogP contribution in [-0.4, -0.2) is 52.0 Å². The molecular weight excluding hydrogens is 371 g/mol. The molecule has 0 aromatic heterocycles. The van der Waals surface area contributed by atoms with E-state index in [0.717, 1.165) is 0 Å². The van der Waals surface area contributed by atoms with Gasteiger partial charge in [0.05, 0.1) is 11.8 Å². The predicted octanol–water partition coefficient (Wildman–Crippen LogP) is 2.45. The Bertz CT molecular complexity index is 703. The van der Waals surface area contributed by atoms with Crippen molar-refractivity contribution in [3.63, 3.8) is 0 Å². The third kappa shape index (κ3) is 5.95. The van der Waals surface area contributed by atoms with Crippen LogP contribution in [0, 0.1) is 11.2 Å². The number of hydrogen-bond donors (Lipinski definition) is 2. The van der Waals surface area contributed by atoms with E-state index in [9.17, 15) is 23.9 Å². The Balaban J connectivity index is 2.01. The molecule has 2 amide bonds. The molecule has 1 aliphatic heterocycles. The van der Waals surface area contributed by atoms with Crippen LogP contribution in [0.15, 0.2) is 24.3 Å². The van der Waals surface area contributed by atoms with E-state index >= 15 is 0 Å². The molecule has 148 valence electrons. The molecule has 8 heteroatoms. The molecule has 1 aromatic rings. The smallest absolute Gasteiger partial charge is 0.312 e. The molecule has 27 heavy (non-hydrogen) atoms. The molecule has 2 N–H and O–H groups in total. The number of carboxylic acid groups (broad SMARTS) is 1. The molecule has 0 saturated carbocycles. The topological polar surface area (TPSA) is 86.7 Å². The molecule has 0 radical (unpaired) electrons. The highest BCUT2D eigenvalue weighted by molar-refractivity contribution is 7.99. The Morgan fingerprint density at radius 2 is 1.93 bits per heavy atom. The maximum atomic E-state index is 13.0. The van der Waals surface area contributed by atoms with Gasteiger partial charge in [-0.1, -0.05) is 32.9 Å². The molecule has 0 aliphatic carbocycles. The van der Waals surface area contributed by atoms with Gasteiger partial charge in [-0.05, 0) is 23.1 Å². The summed E-state index contributed by atoms with van der Waals surface area (Å²) in [5, 5.41) is 12.1. The van der Waals surface area contributed by atoms with Gasteiger partial charge < -0.3 is 15.3 Å². The lowest BCUT2D eigenvalue weighted by atomic mass is 9.91. The number of amides is 2. The lowest BCUT2D eigenvalue weighted by Gasteiger charge is -2.27. The first-order chi connectivity index (χ1) is 12.6. The quantitative estimate of drug-likeness (QED) is 0.771. The molecule has 1 heterocycles. The number of thioether (sulfide) groups is 1. The molecule has 1 saturated heterocycles. The van der Waals surface area contributed by atoms with Gasteiger partial charge in [-0.2, -0.15) is 0 Å². The van der Waals surface area contributed by atoms with E-state index in [2.05, 4.69) is 5.32 Å². The maximum absolute atomic E-state index is 13.0. The van der Waals surface area contributed by atoms with Crippen LogP contribution in [0.5, 0.6) is 0 Å². The Hall–Kier alpha value is -2.09. The van der Waals surface area contributed by atoms with Crippen LogP contribution in [0.1, 0.15) is 38.7 Å². The summed E-state index contributed by atoms with van der Waals surface area (Å²) in [5.74, 6) is -2.06. The molecule has 1 aliphatic rings. The molecule has 2 unspecified atom stereocenters. The summed E-state index contributed by atoms with van der Waals surface area (Å²) in [6.07, 6.45) is 0.338. The minimum absolute atomic E-state index is 0.0824. The van der Waals surface area contributed by atoms with E-state index in [-0.39, 0.29) is 23.8 Å². The number of nitrogens with zero attached hydrogens (tertiary/aromatic N) is 1. The minimum Gasteiger partial charge on any atom is -0.481 e. The molecule has 0 spiro atoms. The number of hydrogen-bond acceptors (Lipinski definition) is 4. The second kappa shape index (κ2) is 8.73. The standard InChI is InChI=1S/C19H25FN2O4S/c1-19(2,3)8-16(23)22-11-27-10-15(22)17(24)21-9-14(18(25)26)12-4-6-13(20)7-5-12/h4-7,14-15H,8-11H2,1-3H3,(H,21,24)(H,25,26). The first kappa shape index (κ1) is 21.2. The first-order valence-electron chi connectivity index (χ1n) is 8.71. The van der Waals surface area contributed by atoms with Crippen molar-refractivity contribution in [3.8, 4) is 0 Å². The van der Waals surface area contributed by atoms with Crippen LogP contribution >= 0.6 is 11.8 Å². The van der Waals surface area contributed by atoms with Gasteiger partial charge in [-0.25, -0.2) is 4.39 Å². The predicted molar refractivity (Wildman–Crippen MR) is 102 cm³/mol. The highest BCUT2D eigenvalue weighted by Crippen LogP contribution is 2.26. The van der Waals surface area contributed by atoms with E-state index in [0.29, 0.717) is 23.6 Å². The minimum atomic E-state index is -1.11. The molecule has 2 atom stereocenters. The fourth-order valence-corrected chi connectivity index (χ4v) is 4.00. The van der Waals surface area contributed by atoms with Crippen molar-refractivity contribution in [2.45, 2.75) is 39.2 Å². The molecule has 1 fully saturated rings. The normalized spacial score (nSPS) is 18.2. The fourth-order valence-electron chi connectivity index (χ4n) is 2.82. The van der Waals surface area contributed by atoms with Gasteiger partial charge in [0.2, 0.25) is 11.8 Å². The Morgan fingerprint density at radius 3 is 2.48 bits per heavy atom. The maximum Gasteiger partial charge on any atom is 0.312 e. The van der Waals surface area contributed by atoms with Gasteiger partial charge in [-0.3, -0.25) is 14.4 Å². The Kier molecular flexibility index (Phi) is 6.86. The average Bonchev–Trinajstić information content (AvgIpc) is 3.04. The molecule has 2 rings (SSSR count). The second-order valence-corrected chi connectivity index (χ2v) is 8.80. The largest absolute Gasteiger partial charge is 0.481 e. The van der Waals surface area contributed by atoms with Crippen LogP contribution in [0.25, 0.3) is 0 Å². The zero-order chi connectivity index (χ0) is 20.2. The van der Waals surface area contributed by atoms with Gasteiger partial charge in [0.1, 0.15) is 11.9 Å². The van der Waals surface area contributed by atoms with Gasteiger partial charge in [0.25, 0.3) is 0 Å². The highest BCUT2D eigenvalue weighted by Gasteiger charge is 2.36. The van der Waals surface area contributed by atoms with Crippen LogP contribution in [0.4, 0.5) is 4.39 Å². The second-order valence-electron chi connectivity index (χ2n) is 7.80. The van der Waals surface area contributed by atoms with Crippen molar-refractivity contribution in [2.24, 2.45) is 5.41 Å². The van der Waals surface area contributed by atoms with Crippen molar-refractivity contribution in [3.05, 3.63) is 35.6 Å². The van der Waals surface area contributed by atoms with E-state index in [1.165, 1.54) is 36.0 Å². The molecular formula is C19H25FN2O4S. The average molecular weight is 396 g/mol. The van der Waals surface area contributed by atoms with Gasteiger partial charge in [0, 0.05) is 18.7 Å². The van der Waals surface area contributed by atoms with Crippen LogP contribution in [0.3, 0.4) is 0 Å². The lowest BCUT2D eigenvalue weighted by Crippen LogP contribution is -2.49. The number of aliphatic carboxylic acids is 1. The van der Waals surface area contributed by atoms with Crippen molar-refractivity contribution >= 4 is 29.5 Å². The number of nitrogens with one attached hydrogen (secondary N) is 1. The summed E-state index contributed by atoms with van der Waals surface area (Å²) in [6.45, 7) is 5.76. The molecule has 0 bridgehead atoms. The van der Waals surface area contributed by atoms with E-state index in [4.69, 9.17) is 0 Å². The third-order valence-corrected chi connectivity index (χ3v) is 5.25. The van der Waals surface area contributed by atoms with E-state index < -0.39 is 23.7 Å². The fraction of sp³-hybridized carbons (Fsp3) is 0.526. The summed E-state index contributed by atoms with van der Waals surface area (Å²) in [5.41, 5.74) is 0.230. The number of carbonyl (C=O) groups excluding carboxylic acids is 2. The number of rotatable bonds is 6. The van der Waals surface area contributed by atoms with Crippen molar-refractivity contribution in [1.82, 2.24) is 10.2 Å². The van der Waals surface area contributed by atoms with Gasteiger partial charge in [-0.15, -0.1) is 11.8 Å². The SMILES string of the molecule is CC(C)(C)CC(=O)N1CSCC1C(=O)NCC(C(=O)O)c1ccc(F)cc1. The third-order valence-electron chi connectivity index (χ3n) is 4.24. The van der Waals surface area contributed by atoms with Crippen molar-refractivity contribution in [2.75, 3.05) is 18.2 Å². The van der Waals surface area contributed by atoms with Crippen LogP contribution in [0.2, 0.25) is 0 Å². The summed E-state index contributed by atoms with van der Waals surface area (Å²) in [6, 6.07) is 4.56. The number of halogens is 1. The number of carboxylic acids is 1.